The molecule has 0 saturated carbocycles. The molecule has 1 aromatic carbocycles. The van der Waals surface area contributed by atoms with E-state index in [1.54, 1.807) is 25.1 Å². The summed E-state index contributed by atoms with van der Waals surface area (Å²) in [6.45, 7) is 2.27. The Balaban J connectivity index is 2.75. The van der Waals surface area contributed by atoms with Crippen molar-refractivity contribution < 1.29 is 9.59 Å². The Labute approximate surface area is 100 Å². The van der Waals surface area contributed by atoms with Crippen molar-refractivity contribution in [2.45, 2.75) is 19.8 Å². The van der Waals surface area contributed by atoms with Gasteiger partial charge in [-0.25, -0.2) is 0 Å². The summed E-state index contributed by atoms with van der Waals surface area (Å²) in [5.74, 6) is -0.615. The van der Waals surface area contributed by atoms with Crippen LogP contribution in [-0.2, 0) is 4.79 Å². The van der Waals surface area contributed by atoms with Gasteiger partial charge in [-0.05, 0) is 37.6 Å². The van der Waals surface area contributed by atoms with Crippen LogP contribution in [-0.4, -0.2) is 18.4 Å². The van der Waals surface area contributed by atoms with Crippen molar-refractivity contribution in [3.05, 3.63) is 29.3 Å². The number of aryl methyl sites for hydroxylation is 1. The second-order valence-corrected chi connectivity index (χ2v) is 3.83. The lowest BCUT2D eigenvalue weighted by Gasteiger charge is -2.07. The second kappa shape index (κ2) is 6.00. The van der Waals surface area contributed by atoms with Crippen molar-refractivity contribution in [1.82, 2.24) is 0 Å². The predicted molar refractivity (Wildman–Crippen MR) is 66.6 cm³/mol. The first-order valence-corrected chi connectivity index (χ1v) is 5.45. The van der Waals surface area contributed by atoms with Gasteiger partial charge in [0.25, 0.3) is 0 Å². The normalized spacial score (nSPS) is 10.0. The lowest BCUT2D eigenvalue weighted by molar-refractivity contribution is -0.116. The van der Waals surface area contributed by atoms with Gasteiger partial charge in [-0.2, -0.15) is 0 Å². The Morgan fingerprint density at radius 3 is 2.65 bits per heavy atom. The van der Waals surface area contributed by atoms with Crippen molar-refractivity contribution in [3.8, 4) is 0 Å². The SMILES string of the molecule is Cc1ccc(NC(=O)CCCN)cc1C(N)=O. The van der Waals surface area contributed by atoms with Crippen LogP contribution in [0.2, 0.25) is 0 Å². The fourth-order valence-electron chi connectivity index (χ4n) is 1.45. The molecule has 0 heterocycles. The third-order valence-electron chi connectivity index (χ3n) is 2.39. The number of nitrogens with one attached hydrogen (secondary N) is 1. The van der Waals surface area contributed by atoms with Crippen molar-refractivity contribution >= 4 is 17.5 Å². The monoisotopic (exact) mass is 235 g/mol. The van der Waals surface area contributed by atoms with E-state index in [9.17, 15) is 9.59 Å². The Hall–Kier alpha value is -1.88. The molecule has 17 heavy (non-hydrogen) atoms. The molecule has 0 aliphatic carbocycles. The van der Waals surface area contributed by atoms with Crippen LogP contribution in [0.5, 0.6) is 0 Å². The molecule has 0 unspecified atom stereocenters. The Morgan fingerprint density at radius 2 is 2.06 bits per heavy atom. The van der Waals surface area contributed by atoms with Crippen LogP contribution < -0.4 is 16.8 Å². The number of anilines is 1. The van der Waals surface area contributed by atoms with Crippen LogP contribution in [0.15, 0.2) is 18.2 Å². The molecular weight excluding hydrogens is 218 g/mol. The van der Waals surface area contributed by atoms with Crippen molar-refractivity contribution in [2.24, 2.45) is 11.5 Å². The second-order valence-electron chi connectivity index (χ2n) is 3.83. The number of carbonyl (C=O) groups excluding carboxylic acids is 2. The maximum atomic E-state index is 11.5. The molecule has 1 rings (SSSR count). The molecule has 0 bridgehead atoms. The summed E-state index contributed by atoms with van der Waals surface area (Å²) in [5, 5.41) is 2.70. The molecule has 0 aromatic heterocycles. The number of hydrogen-bond acceptors (Lipinski definition) is 3. The molecule has 2 amide bonds. The number of hydrogen-bond donors (Lipinski definition) is 3. The lowest BCUT2D eigenvalue weighted by Crippen LogP contribution is -2.16. The zero-order valence-corrected chi connectivity index (χ0v) is 9.82. The molecule has 92 valence electrons. The van der Waals surface area contributed by atoms with Crippen LogP contribution in [0.1, 0.15) is 28.8 Å². The van der Waals surface area contributed by atoms with Crippen LogP contribution in [0.4, 0.5) is 5.69 Å². The number of amides is 2. The molecule has 5 nitrogen and oxygen atoms in total. The minimum atomic E-state index is -0.499. The highest BCUT2D eigenvalue weighted by atomic mass is 16.2. The first-order chi connectivity index (χ1) is 8.04. The van der Waals surface area contributed by atoms with Gasteiger partial charge in [-0.3, -0.25) is 9.59 Å². The van der Waals surface area contributed by atoms with E-state index in [0.717, 1.165) is 5.56 Å². The summed E-state index contributed by atoms with van der Waals surface area (Å²) in [6.07, 6.45) is 1.01. The van der Waals surface area contributed by atoms with Gasteiger partial charge in [0.1, 0.15) is 0 Å². The number of rotatable bonds is 5. The van der Waals surface area contributed by atoms with Gasteiger partial charge in [-0.1, -0.05) is 6.07 Å². The van der Waals surface area contributed by atoms with Gasteiger partial charge >= 0.3 is 0 Å². The van der Waals surface area contributed by atoms with E-state index < -0.39 is 5.91 Å². The number of carbonyl (C=O) groups is 2. The Morgan fingerprint density at radius 1 is 1.35 bits per heavy atom. The van der Waals surface area contributed by atoms with Crippen LogP contribution in [0.25, 0.3) is 0 Å². The quantitative estimate of drug-likeness (QED) is 0.703. The van der Waals surface area contributed by atoms with E-state index in [4.69, 9.17) is 11.5 Å². The number of nitrogens with two attached hydrogens (primary N) is 2. The van der Waals surface area contributed by atoms with E-state index in [1.807, 2.05) is 0 Å². The first kappa shape index (κ1) is 13.2. The van der Waals surface area contributed by atoms with E-state index in [2.05, 4.69) is 5.32 Å². The Bertz CT molecular complexity index is 430. The fourth-order valence-corrected chi connectivity index (χ4v) is 1.45. The average Bonchev–Trinajstić information content (AvgIpc) is 2.28. The standard InChI is InChI=1S/C12H17N3O2/c1-8-4-5-9(7-10(8)12(14)17)15-11(16)3-2-6-13/h4-5,7H,2-3,6,13H2,1H3,(H2,14,17)(H,15,16). The average molecular weight is 235 g/mol. The van der Waals surface area contributed by atoms with Gasteiger partial charge in [0.15, 0.2) is 0 Å². The summed E-state index contributed by atoms with van der Waals surface area (Å²) >= 11 is 0. The Kier molecular flexibility index (Phi) is 4.66. The third kappa shape index (κ3) is 3.88. The lowest BCUT2D eigenvalue weighted by atomic mass is 10.1. The van der Waals surface area contributed by atoms with E-state index >= 15 is 0 Å². The van der Waals surface area contributed by atoms with E-state index in [1.165, 1.54) is 0 Å². The molecule has 0 aliphatic rings. The van der Waals surface area contributed by atoms with Gasteiger partial charge in [-0.15, -0.1) is 0 Å². The van der Waals surface area contributed by atoms with Gasteiger partial charge in [0.2, 0.25) is 11.8 Å². The van der Waals surface area contributed by atoms with Gasteiger partial charge in [0.05, 0.1) is 0 Å². The highest BCUT2D eigenvalue weighted by Crippen LogP contribution is 2.15. The first-order valence-electron chi connectivity index (χ1n) is 5.45. The summed E-state index contributed by atoms with van der Waals surface area (Å²) < 4.78 is 0. The molecule has 5 N–H and O–H groups in total. The van der Waals surface area contributed by atoms with Crippen LogP contribution >= 0.6 is 0 Å². The highest BCUT2D eigenvalue weighted by Gasteiger charge is 2.07. The summed E-state index contributed by atoms with van der Waals surface area (Å²) in [5.41, 5.74) is 12.3. The fraction of sp³-hybridized carbons (Fsp3) is 0.333. The van der Waals surface area contributed by atoms with Crippen molar-refractivity contribution in [1.29, 1.82) is 0 Å². The maximum absolute atomic E-state index is 11.5. The maximum Gasteiger partial charge on any atom is 0.249 e. The van der Waals surface area contributed by atoms with Crippen LogP contribution in [0.3, 0.4) is 0 Å². The smallest absolute Gasteiger partial charge is 0.249 e. The van der Waals surface area contributed by atoms with E-state index in [0.29, 0.717) is 30.6 Å². The zero-order chi connectivity index (χ0) is 12.8. The molecule has 0 saturated heterocycles. The molecule has 0 aliphatic heterocycles. The number of primary amides is 1. The topological polar surface area (TPSA) is 98.2 Å². The minimum Gasteiger partial charge on any atom is -0.366 e. The molecule has 0 radical (unpaired) electrons. The molecule has 5 heteroatoms. The summed E-state index contributed by atoms with van der Waals surface area (Å²) in [4.78, 5) is 22.6. The summed E-state index contributed by atoms with van der Waals surface area (Å²) in [7, 11) is 0. The van der Waals surface area contributed by atoms with Crippen molar-refractivity contribution in [3.63, 3.8) is 0 Å². The van der Waals surface area contributed by atoms with Crippen molar-refractivity contribution in [2.75, 3.05) is 11.9 Å². The third-order valence-corrected chi connectivity index (χ3v) is 2.39. The largest absolute Gasteiger partial charge is 0.366 e. The molecule has 0 atom stereocenters. The number of benzene rings is 1. The molecule has 1 aromatic rings. The highest BCUT2D eigenvalue weighted by molar-refractivity contribution is 5.97. The summed E-state index contributed by atoms with van der Waals surface area (Å²) in [6, 6.07) is 5.07. The van der Waals surface area contributed by atoms with Crippen LogP contribution in [0, 0.1) is 6.92 Å². The minimum absolute atomic E-state index is 0.116. The molecule has 0 spiro atoms. The van der Waals surface area contributed by atoms with Gasteiger partial charge in [0, 0.05) is 17.7 Å². The molecule has 0 fully saturated rings. The van der Waals surface area contributed by atoms with E-state index in [-0.39, 0.29) is 5.91 Å². The van der Waals surface area contributed by atoms with Gasteiger partial charge < -0.3 is 16.8 Å². The predicted octanol–water partition coefficient (Wildman–Crippen LogP) is 0.771. The zero-order valence-electron chi connectivity index (χ0n) is 9.82. The molecular formula is C12H17N3O2.